The fourth-order valence-corrected chi connectivity index (χ4v) is 1.43. The van der Waals surface area contributed by atoms with Gasteiger partial charge >= 0.3 is 7.12 Å². The average Bonchev–Trinajstić information content (AvgIpc) is 3.03. The summed E-state index contributed by atoms with van der Waals surface area (Å²) in [4.78, 5) is 11.4. The molecule has 1 aliphatic carbocycles. The van der Waals surface area contributed by atoms with Crippen LogP contribution in [-0.2, 0) is 4.79 Å². The van der Waals surface area contributed by atoms with Gasteiger partial charge in [0.15, 0.2) is 0 Å². The lowest BCUT2D eigenvalue weighted by Gasteiger charge is -2.08. The first-order chi connectivity index (χ1) is 7.59. The van der Waals surface area contributed by atoms with Gasteiger partial charge < -0.3 is 15.4 Å². The second-order valence-electron chi connectivity index (χ2n) is 3.85. The van der Waals surface area contributed by atoms with Crippen LogP contribution in [0.2, 0.25) is 0 Å². The van der Waals surface area contributed by atoms with Crippen LogP contribution in [0.3, 0.4) is 0 Å². The smallest absolute Gasteiger partial charge is 0.423 e. The van der Waals surface area contributed by atoms with Gasteiger partial charge in [0, 0.05) is 11.4 Å². The average molecular weight is 223 g/mol. The Balaban J connectivity index is 2.20. The van der Waals surface area contributed by atoms with Crippen LogP contribution in [0, 0.1) is 11.7 Å². The molecule has 0 atom stereocenters. The van der Waals surface area contributed by atoms with Crippen LogP contribution in [0.5, 0.6) is 0 Å². The number of hydrogen-bond donors (Lipinski definition) is 3. The highest BCUT2D eigenvalue weighted by Gasteiger charge is 2.30. The first-order valence-electron chi connectivity index (χ1n) is 5.05. The van der Waals surface area contributed by atoms with E-state index < -0.39 is 12.9 Å². The highest BCUT2D eigenvalue weighted by Crippen LogP contribution is 2.30. The predicted octanol–water partition coefficient (Wildman–Crippen LogP) is -0.146. The zero-order valence-corrected chi connectivity index (χ0v) is 8.48. The minimum absolute atomic E-state index is 0.0116. The third-order valence-electron chi connectivity index (χ3n) is 2.51. The number of carbonyl (C=O) groups is 1. The Hall–Kier alpha value is -1.40. The maximum Gasteiger partial charge on any atom is 0.491 e. The number of nitrogens with one attached hydrogen (secondary N) is 1. The van der Waals surface area contributed by atoms with E-state index in [-0.39, 0.29) is 23.0 Å². The molecule has 0 unspecified atom stereocenters. The van der Waals surface area contributed by atoms with Crippen molar-refractivity contribution >= 4 is 24.2 Å². The number of hydrogen-bond acceptors (Lipinski definition) is 3. The van der Waals surface area contributed by atoms with Crippen LogP contribution in [0.1, 0.15) is 12.8 Å². The fourth-order valence-electron chi connectivity index (χ4n) is 1.43. The molecule has 16 heavy (non-hydrogen) atoms. The summed E-state index contributed by atoms with van der Waals surface area (Å²) in [6.07, 6.45) is 1.66. The molecule has 1 saturated carbocycles. The SMILES string of the molecule is O=C(Nc1cccc(B(O)O)c1F)C1CC1. The predicted molar refractivity (Wildman–Crippen MR) is 57.6 cm³/mol. The van der Waals surface area contributed by atoms with Crippen LogP contribution in [0.15, 0.2) is 18.2 Å². The van der Waals surface area contributed by atoms with Crippen LogP contribution >= 0.6 is 0 Å². The zero-order valence-electron chi connectivity index (χ0n) is 8.48. The summed E-state index contributed by atoms with van der Waals surface area (Å²) in [5.41, 5.74) is -0.254. The van der Waals surface area contributed by atoms with E-state index in [4.69, 9.17) is 10.0 Å². The van der Waals surface area contributed by atoms with Crippen LogP contribution < -0.4 is 10.8 Å². The molecule has 0 aliphatic heterocycles. The van der Waals surface area contributed by atoms with Gasteiger partial charge in [0.2, 0.25) is 5.91 Å². The molecule has 0 radical (unpaired) electrons. The summed E-state index contributed by atoms with van der Waals surface area (Å²) in [7, 11) is -1.88. The van der Waals surface area contributed by atoms with Crippen molar-refractivity contribution in [3.8, 4) is 0 Å². The normalized spacial score (nSPS) is 14.7. The topological polar surface area (TPSA) is 69.6 Å². The molecule has 0 saturated heterocycles. The molecular weight excluding hydrogens is 212 g/mol. The first-order valence-corrected chi connectivity index (χ1v) is 5.05. The summed E-state index contributed by atoms with van der Waals surface area (Å²) in [6, 6.07) is 4.11. The molecule has 1 fully saturated rings. The Morgan fingerprint density at radius 3 is 2.69 bits per heavy atom. The number of anilines is 1. The zero-order chi connectivity index (χ0) is 11.7. The summed E-state index contributed by atoms with van der Waals surface area (Å²) < 4.78 is 13.6. The van der Waals surface area contributed by atoms with E-state index in [9.17, 15) is 9.18 Å². The summed E-state index contributed by atoms with van der Waals surface area (Å²) >= 11 is 0. The summed E-state index contributed by atoms with van der Waals surface area (Å²) in [5.74, 6) is -1.04. The van der Waals surface area contributed by atoms with E-state index in [0.717, 1.165) is 12.8 Å². The Kier molecular flexibility index (Phi) is 2.94. The van der Waals surface area contributed by atoms with E-state index in [1.165, 1.54) is 18.2 Å². The highest BCUT2D eigenvalue weighted by atomic mass is 19.1. The number of amides is 1. The largest absolute Gasteiger partial charge is 0.491 e. The standard InChI is InChI=1S/C10H11BFNO3/c12-9-7(11(15)16)2-1-3-8(9)13-10(14)6-4-5-6/h1-3,6,15-16H,4-5H2,(H,13,14). The molecule has 84 valence electrons. The molecule has 0 bridgehead atoms. The number of rotatable bonds is 3. The molecule has 0 aromatic heterocycles. The van der Waals surface area contributed by atoms with Gasteiger partial charge in [0.05, 0.1) is 5.69 Å². The van der Waals surface area contributed by atoms with Gasteiger partial charge in [-0.25, -0.2) is 4.39 Å². The molecule has 2 rings (SSSR count). The van der Waals surface area contributed by atoms with Crippen molar-refractivity contribution in [1.82, 2.24) is 0 Å². The maximum absolute atomic E-state index is 13.6. The van der Waals surface area contributed by atoms with E-state index >= 15 is 0 Å². The molecule has 1 aromatic rings. The van der Waals surface area contributed by atoms with Crippen molar-refractivity contribution in [2.45, 2.75) is 12.8 Å². The molecule has 4 nitrogen and oxygen atoms in total. The van der Waals surface area contributed by atoms with Crippen LogP contribution in [0.4, 0.5) is 10.1 Å². The molecule has 1 amide bonds. The monoisotopic (exact) mass is 223 g/mol. The van der Waals surface area contributed by atoms with Crippen LogP contribution in [0.25, 0.3) is 0 Å². The third-order valence-corrected chi connectivity index (χ3v) is 2.51. The van der Waals surface area contributed by atoms with Gasteiger partial charge in [0.1, 0.15) is 5.82 Å². The lowest BCUT2D eigenvalue weighted by Crippen LogP contribution is -2.33. The molecule has 1 aromatic carbocycles. The Morgan fingerprint density at radius 1 is 1.44 bits per heavy atom. The molecule has 3 N–H and O–H groups in total. The minimum atomic E-state index is -1.88. The second-order valence-corrected chi connectivity index (χ2v) is 3.85. The Labute approximate surface area is 92.2 Å². The van der Waals surface area contributed by atoms with Crippen molar-refractivity contribution in [2.75, 3.05) is 5.32 Å². The van der Waals surface area contributed by atoms with Crippen molar-refractivity contribution in [3.05, 3.63) is 24.0 Å². The summed E-state index contributed by atoms with van der Waals surface area (Å²) in [6.45, 7) is 0. The Bertz CT molecular complexity index is 421. The first kappa shape index (κ1) is 11.1. The van der Waals surface area contributed by atoms with Crippen molar-refractivity contribution in [2.24, 2.45) is 5.92 Å². The molecule has 0 spiro atoms. The lowest BCUT2D eigenvalue weighted by atomic mass is 9.79. The Morgan fingerprint density at radius 2 is 2.12 bits per heavy atom. The second kappa shape index (κ2) is 4.23. The molecule has 6 heteroatoms. The molecule has 0 heterocycles. The highest BCUT2D eigenvalue weighted by molar-refractivity contribution is 6.58. The van der Waals surface area contributed by atoms with Gasteiger partial charge in [0.25, 0.3) is 0 Å². The van der Waals surface area contributed by atoms with Gasteiger partial charge in [-0.1, -0.05) is 12.1 Å². The number of benzene rings is 1. The van der Waals surface area contributed by atoms with Gasteiger partial charge in [-0.3, -0.25) is 4.79 Å². The molecule has 1 aliphatic rings. The van der Waals surface area contributed by atoms with Crippen LogP contribution in [-0.4, -0.2) is 23.1 Å². The third kappa shape index (κ3) is 2.23. The number of halogens is 1. The quantitative estimate of drug-likeness (QED) is 0.624. The van der Waals surface area contributed by atoms with E-state index in [1.807, 2.05) is 0 Å². The van der Waals surface area contributed by atoms with Gasteiger partial charge in [-0.2, -0.15) is 0 Å². The van der Waals surface area contributed by atoms with Crippen molar-refractivity contribution in [3.63, 3.8) is 0 Å². The van der Waals surface area contributed by atoms with Gasteiger partial charge in [-0.15, -0.1) is 0 Å². The number of carbonyl (C=O) groups excluding carboxylic acids is 1. The van der Waals surface area contributed by atoms with Crippen molar-refractivity contribution < 1.29 is 19.2 Å². The van der Waals surface area contributed by atoms with E-state index in [2.05, 4.69) is 5.32 Å². The maximum atomic E-state index is 13.6. The van der Waals surface area contributed by atoms with Gasteiger partial charge in [-0.05, 0) is 18.9 Å². The summed E-state index contributed by atoms with van der Waals surface area (Å²) in [5, 5.41) is 20.2. The van der Waals surface area contributed by atoms with Crippen molar-refractivity contribution in [1.29, 1.82) is 0 Å². The lowest BCUT2D eigenvalue weighted by molar-refractivity contribution is -0.117. The minimum Gasteiger partial charge on any atom is -0.423 e. The van der Waals surface area contributed by atoms with E-state index in [1.54, 1.807) is 0 Å². The molecular formula is C10H11BFNO3. The van der Waals surface area contributed by atoms with E-state index in [0.29, 0.717) is 0 Å². The fraction of sp³-hybridized carbons (Fsp3) is 0.300.